The van der Waals surface area contributed by atoms with Crippen LogP contribution in [0.2, 0.25) is 0 Å². The van der Waals surface area contributed by atoms with Gasteiger partial charge in [0.15, 0.2) is 0 Å². The third-order valence-electron chi connectivity index (χ3n) is 5.79. The van der Waals surface area contributed by atoms with Gasteiger partial charge in [-0.2, -0.15) is 0 Å². The Hall–Kier alpha value is -3.06. The van der Waals surface area contributed by atoms with Crippen molar-refractivity contribution in [3.05, 3.63) is 71.8 Å². The zero-order valence-electron chi connectivity index (χ0n) is 24.0. The van der Waals surface area contributed by atoms with Gasteiger partial charge in [-0.05, 0) is 91.3 Å². The van der Waals surface area contributed by atoms with E-state index in [0.29, 0.717) is 19.0 Å². The Kier molecular flexibility index (Phi) is 12.6. The summed E-state index contributed by atoms with van der Waals surface area (Å²) in [5.74, 6) is 0. The third kappa shape index (κ3) is 14.6. The van der Waals surface area contributed by atoms with Crippen LogP contribution in [0.4, 0.5) is 9.59 Å². The number of rotatable bonds is 13. The predicted octanol–water partition coefficient (Wildman–Crippen LogP) is 6.02. The second-order valence-electron chi connectivity index (χ2n) is 11.7. The summed E-state index contributed by atoms with van der Waals surface area (Å²) in [5, 5.41) is 9.39. The number of nitrogens with one attached hydrogen (secondary N) is 3. The van der Waals surface area contributed by atoms with Crippen LogP contribution in [0.1, 0.15) is 71.9 Å². The molecule has 0 aromatic heterocycles. The Labute approximate surface area is 229 Å². The van der Waals surface area contributed by atoms with Gasteiger partial charge in [0, 0.05) is 12.6 Å². The van der Waals surface area contributed by atoms with Gasteiger partial charge in [0.2, 0.25) is 0 Å². The van der Waals surface area contributed by atoms with E-state index in [1.807, 2.05) is 53.7 Å². The van der Waals surface area contributed by atoms with Crippen LogP contribution >= 0.6 is 0 Å². The molecule has 3 N–H and O–H groups in total. The van der Waals surface area contributed by atoms with Crippen LogP contribution in [-0.2, 0) is 22.3 Å². The molecule has 2 aromatic carbocycles. The van der Waals surface area contributed by atoms with Gasteiger partial charge in [-0.3, -0.25) is 0 Å². The molecule has 0 aliphatic carbocycles. The number of ether oxygens (including phenoxy) is 2. The summed E-state index contributed by atoms with van der Waals surface area (Å²) in [6, 6.07) is 21.0. The van der Waals surface area contributed by atoms with Crippen LogP contribution in [-0.4, -0.2) is 48.6 Å². The highest BCUT2D eigenvalue weighted by Crippen LogP contribution is 2.12. The molecule has 0 aliphatic rings. The normalized spacial score (nSPS) is 12.6. The number of benzene rings is 2. The highest BCUT2D eigenvalue weighted by molar-refractivity contribution is 5.69. The number of aryl methyl sites for hydroxylation is 2. The van der Waals surface area contributed by atoms with Gasteiger partial charge in [0.05, 0.1) is 6.04 Å². The Balaban J connectivity index is 1.96. The standard InChI is InChI=1S/C31H47N3O4/c1-30(2,3)37-28(35)33-23-27(34-29(36)38-31(4,5)6)21-22-32-26(19-17-24-13-9-7-10-14-24)20-18-25-15-11-8-12-16-25/h7-16,26-27,32H,17-23H2,1-6H3,(H,33,35)(H,34,36)/t27-/m1/s1. The molecule has 7 heteroatoms. The van der Waals surface area contributed by atoms with Crippen molar-refractivity contribution in [2.24, 2.45) is 0 Å². The monoisotopic (exact) mass is 525 g/mol. The quantitative estimate of drug-likeness (QED) is 0.298. The van der Waals surface area contributed by atoms with Crippen molar-refractivity contribution in [3.8, 4) is 0 Å². The minimum atomic E-state index is -0.606. The third-order valence-corrected chi connectivity index (χ3v) is 5.79. The molecular formula is C31H47N3O4. The van der Waals surface area contributed by atoms with Crippen LogP contribution < -0.4 is 16.0 Å². The first-order valence-electron chi connectivity index (χ1n) is 13.7. The van der Waals surface area contributed by atoms with Gasteiger partial charge in [0.1, 0.15) is 11.2 Å². The lowest BCUT2D eigenvalue weighted by molar-refractivity contribution is 0.0461. The largest absolute Gasteiger partial charge is 0.444 e. The number of hydrogen-bond donors (Lipinski definition) is 3. The maximum absolute atomic E-state index is 12.5. The maximum atomic E-state index is 12.5. The van der Waals surface area contributed by atoms with Crippen molar-refractivity contribution in [1.82, 2.24) is 16.0 Å². The second kappa shape index (κ2) is 15.4. The van der Waals surface area contributed by atoms with E-state index in [0.717, 1.165) is 25.7 Å². The molecule has 0 spiro atoms. The first-order chi connectivity index (χ1) is 17.9. The van der Waals surface area contributed by atoms with Crippen LogP contribution in [0.25, 0.3) is 0 Å². The Bertz CT molecular complexity index is 909. The molecule has 0 aliphatic heterocycles. The predicted molar refractivity (Wildman–Crippen MR) is 153 cm³/mol. The van der Waals surface area contributed by atoms with Crippen molar-refractivity contribution in [2.75, 3.05) is 13.1 Å². The van der Waals surface area contributed by atoms with E-state index in [2.05, 4.69) is 64.5 Å². The molecule has 2 amide bonds. The van der Waals surface area contributed by atoms with E-state index < -0.39 is 23.4 Å². The van der Waals surface area contributed by atoms with Crippen molar-refractivity contribution in [1.29, 1.82) is 0 Å². The molecule has 38 heavy (non-hydrogen) atoms. The van der Waals surface area contributed by atoms with Gasteiger partial charge in [-0.1, -0.05) is 60.7 Å². The fraction of sp³-hybridized carbons (Fsp3) is 0.548. The lowest BCUT2D eigenvalue weighted by atomic mass is 9.99. The van der Waals surface area contributed by atoms with E-state index >= 15 is 0 Å². The summed E-state index contributed by atoms with van der Waals surface area (Å²) in [4.78, 5) is 24.7. The minimum Gasteiger partial charge on any atom is -0.444 e. The Morgan fingerprint density at radius 3 is 1.63 bits per heavy atom. The van der Waals surface area contributed by atoms with Crippen molar-refractivity contribution >= 4 is 12.2 Å². The summed E-state index contributed by atoms with van der Waals surface area (Å²) < 4.78 is 10.8. The van der Waals surface area contributed by atoms with E-state index in [9.17, 15) is 9.59 Å². The maximum Gasteiger partial charge on any atom is 0.407 e. The molecule has 0 heterocycles. The van der Waals surface area contributed by atoms with Gasteiger partial charge >= 0.3 is 12.2 Å². The average Bonchev–Trinajstić information content (AvgIpc) is 2.82. The molecule has 0 bridgehead atoms. The molecular weight excluding hydrogens is 478 g/mol. The molecule has 2 aromatic rings. The lowest BCUT2D eigenvalue weighted by Crippen LogP contribution is -2.48. The van der Waals surface area contributed by atoms with Crippen molar-refractivity contribution in [3.63, 3.8) is 0 Å². The SMILES string of the molecule is CC(C)(C)OC(=O)NC[C@@H](CCNC(CCc1ccccc1)CCc1ccccc1)NC(=O)OC(C)(C)C. The van der Waals surface area contributed by atoms with E-state index in [4.69, 9.17) is 9.47 Å². The zero-order chi connectivity index (χ0) is 28.0. The van der Waals surface area contributed by atoms with Gasteiger partial charge < -0.3 is 25.4 Å². The van der Waals surface area contributed by atoms with Crippen LogP contribution in [0, 0.1) is 0 Å². The number of hydrogen-bond acceptors (Lipinski definition) is 5. The molecule has 0 fully saturated rings. The topological polar surface area (TPSA) is 88.7 Å². The molecule has 0 saturated heterocycles. The molecule has 2 rings (SSSR count). The number of amides is 2. The van der Waals surface area contributed by atoms with Crippen LogP contribution in [0.5, 0.6) is 0 Å². The van der Waals surface area contributed by atoms with Crippen LogP contribution in [0.15, 0.2) is 60.7 Å². The van der Waals surface area contributed by atoms with E-state index in [-0.39, 0.29) is 12.6 Å². The molecule has 210 valence electrons. The zero-order valence-corrected chi connectivity index (χ0v) is 24.0. The van der Waals surface area contributed by atoms with E-state index in [1.54, 1.807) is 0 Å². The second-order valence-corrected chi connectivity index (χ2v) is 11.7. The fourth-order valence-electron chi connectivity index (χ4n) is 4.00. The average molecular weight is 526 g/mol. The number of carbonyl (C=O) groups is 2. The summed E-state index contributed by atoms with van der Waals surface area (Å²) in [5.41, 5.74) is 1.45. The highest BCUT2D eigenvalue weighted by atomic mass is 16.6. The molecule has 0 unspecified atom stereocenters. The number of alkyl carbamates (subject to hydrolysis) is 2. The van der Waals surface area contributed by atoms with Gasteiger partial charge in [-0.15, -0.1) is 0 Å². The lowest BCUT2D eigenvalue weighted by Gasteiger charge is -2.26. The molecule has 1 atom stereocenters. The summed E-state index contributed by atoms with van der Waals surface area (Å²) in [7, 11) is 0. The first-order valence-corrected chi connectivity index (χ1v) is 13.7. The van der Waals surface area contributed by atoms with Gasteiger partial charge in [0.25, 0.3) is 0 Å². The van der Waals surface area contributed by atoms with Gasteiger partial charge in [-0.25, -0.2) is 9.59 Å². The van der Waals surface area contributed by atoms with Crippen LogP contribution in [0.3, 0.4) is 0 Å². The summed E-state index contributed by atoms with van der Waals surface area (Å²) in [6.45, 7) is 11.9. The highest BCUT2D eigenvalue weighted by Gasteiger charge is 2.22. The molecule has 7 nitrogen and oxygen atoms in total. The molecule has 0 saturated carbocycles. The minimum absolute atomic E-state index is 0.245. The summed E-state index contributed by atoms with van der Waals surface area (Å²) in [6.07, 6.45) is 3.62. The Morgan fingerprint density at radius 1 is 0.684 bits per heavy atom. The number of carbonyl (C=O) groups excluding carboxylic acids is 2. The van der Waals surface area contributed by atoms with Crippen molar-refractivity contribution in [2.45, 2.75) is 96.9 Å². The first kappa shape index (κ1) is 31.2. The van der Waals surface area contributed by atoms with Crippen molar-refractivity contribution < 1.29 is 19.1 Å². The summed E-state index contributed by atoms with van der Waals surface area (Å²) >= 11 is 0. The van der Waals surface area contributed by atoms with E-state index in [1.165, 1.54) is 11.1 Å². The Morgan fingerprint density at radius 2 is 1.16 bits per heavy atom. The fourth-order valence-corrected chi connectivity index (χ4v) is 4.00. The smallest absolute Gasteiger partial charge is 0.407 e. The molecule has 0 radical (unpaired) electrons.